The molecule has 0 atom stereocenters. The molecule has 2 N–H and O–H groups in total. The molecule has 0 bridgehead atoms. The van der Waals surface area contributed by atoms with E-state index in [1.807, 2.05) is 19.9 Å². The summed E-state index contributed by atoms with van der Waals surface area (Å²) >= 11 is 3.32. The molecule has 0 fully saturated rings. The van der Waals surface area contributed by atoms with Crippen LogP contribution in [-0.4, -0.2) is 17.1 Å². The van der Waals surface area contributed by atoms with Crippen LogP contribution in [0.25, 0.3) is 0 Å². The SMILES string of the molecule is CC(C)(CN)Oc1cncc(Br)c1. The minimum absolute atomic E-state index is 0.345. The number of nitrogens with zero attached hydrogens (tertiary/aromatic N) is 1. The fourth-order valence-corrected chi connectivity index (χ4v) is 1.15. The molecule has 4 heteroatoms. The molecule has 1 aromatic rings. The second-order valence-corrected chi connectivity index (χ2v) is 4.32. The second kappa shape index (κ2) is 4.07. The standard InChI is InChI=1S/C9H13BrN2O/c1-9(2,6-11)13-8-3-7(10)4-12-5-8/h3-5H,6,11H2,1-2H3. The third-order valence-electron chi connectivity index (χ3n) is 1.57. The van der Waals surface area contributed by atoms with Gasteiger partial charge in [-0.3, -0.25) is 4.98 Å². The minimum atomic E-state index is -0.345. The number of hydrogen-bond acceptors (Lipinski definition) is 3. The number of nitrogens with two attached hydrogens (primary N) is 1. The zero-order chi connectivity index (χ0) is 9.90. The third-order valence-corrected chi connectivity index (χ3v) is 2.00. The molecule has 0 aliphatic heterocycles. The smallest absolute Gasteiger partial charge is 0.139 e. The van der Waals surface area contributed by atoms with Gasteiger partial charge in [-0.15, -0.1) is 0 Å². The van der Waals surface area contributed by atoms with Gasteiger partial charge >= 0.3 is 0 Å². The first-order valence-corrected chi connectivity index (χ1v) is 4.82. The highest BCUT2D eigenvalue weighted by Gasteiger charge is 2.17. The normalized spacial score (nSPS) is 11.4. The summed E-state index contributed by atoms with van der Waals surface area (Å²) in [5.74, 6) is 0.727. The van der Waals surface area contributed by atoms with Crippen LogP contribution in [0.2, 0.25) is 0 Å². The molecule has 1 rings (SSSR count). The van der Waals surface area contributed by atoms with E-state index < -0.39 is 0 Å². The molecule has 1 heterocycles. The van der Waals surface area contributed by atoms with Gasteiger partial charge in [0.1, 0.15) is 11.4 Å². The number of rotatable bonds is 3. The van der Waals surface area contributed by atoms with Crippen LogP contribution in [0.1, 0.15) is 13.8 Å². The Bertz CT molecular complexity index is 289. The van der Waals surface area contributed by atoms with E-state index in [1.165, 1.54) is 0 Å². The summed E-state index contributed by atoms with van der Waals surface area (Å²) in [6.45, 7) is 4.35. The van der Waals surface area contributed by atoms with E-state index in [4.69, 9.17) is 10.5 Å². The first kappa shape index (κ1) is 10.5. The van der Waals surface area contributed by atoms with Gasteiger partial charge in [-0.25, -0.2) is 0 Å². The van der Waals surface area contributed by atoms with Gasteiger partial charge in [-0.2, -0.15) is 0 Å². The summed E-state index contributed by atoms with van der Waals surface area (Å²) in [6, 6.07) is 1.87. The average Bonchev–Trinajstić information content (AvgIpc) is 2.03. The Balaban J connectivity index is 2.74. The van der Waals surface area contributed by atoms with Gasteiger partial charge < -0.3 is 10.5 Å². The van der Waals surface area contributed by atoms with E-state index in [9.17, 15) is 0 Å². The van der Waals surface area contributed by atoms with Gasteiger partial charge in [0.05, 0.1) is 6.20 Å². The number of hydrogen-bond donors (Lipinski definition) is 1. The molecular weight excluding hydrogens is 232 g/mol. The molecule has 3 nitrogen and oxygen atoms in total. The molecule has 0 amide bonds. The fourth-order valence-electron chi connectivity index (χ4n) is 0.809. The summed E-state index contributed by atoms with van der Waals surface area (Å²) < 4.78 is 6.52. The molecule has 0 aromatic carbocycles. The van der Waals surface area contributed by atoms with E-state index >= 15 is 0 Å². The lowest BCUT2D eigenvalue weighted by Gasteiger charge is -2.24. The molecule has 13 heavy (non-hydrogen) atoms. The first-order valence-electron chi connectivity index (χ1n) is 4.03. The highest BCUT2D eigenvalue weighted by molar-refractivity contribution is 9.10. The van der Waals surface area contributed by atoms with E-state index in [-0.39, 0.29) is 5.60 Å². The van der Waals surface area contributed by atoms with Crippen molar-refractivity contribution in [2.75, 3.05) is 6.54 Å². The quantitative estimate of drug-likeness (QED) is 0.885. The number of ether oxygens (including phenoxy) is 1. The van der Waals surface area contributed by atoms with Crippen LogP contribution in [0, 0.1) is 0 Å². The lowest BCUT2D eigenvalue weighted by Crippen LogP contribution is -2.37. The minimum Gasteiger partial charge on any atom is -0.485 e. The molecule has 72 valence electrons. The Kier molecular flexibility index (Phi) is 3.27. The zero-order valence-corrected chi connectivity index (χ0v) is 9.34. The van der Waals surface area contributed by atoms with E-state index in [1.54, 1.807) is 12.4 Å². The molecule has 0 aliphatic rings. The van der Waals surface area contributed by atoms with Crippen LogP contribution < -0.4 is 10.5 Å². The van der Waals surface area contributed by atoms with Crippen molar-refractivity contribution in [2.45, 2.75) is 19.4 Å². The van der Waals surface area contributed by atoms with Crippen LogP contribution in [-0.2, 0) is 0 Å². The third kappa shape index (κ3) is 3.32. The molecular formula is C9H13BrN2O. The fraction of sp³-hybridized carbons (Fsp3) is 0.444. The lowest BCUT2D eigenvalue weighted by atomic mass is 10.1. The Morgan fingerprint density at radius 2 is 2.23 bits per heavy atom. The zero-order valence-electron chi connectivity index (χ0n) is 7.75. The Morgan fingerprint density at radius 1 is 1.54 bits per heavy atom. The first-order chi connectivity index (χ1) is 6.03. The van der Waals surface area contributed by atoms with Crippen molar-refractivity contribution >= 4 is 15.9 Å². The predicted molar refractivity (Wildman–Crippen MR) is 55.7 cm³/mol. The monoisotopic (exact) mass is 244 g/mol. The van der Waals surface area contributed by atoms with Crippen LogP contribution in [0.5, 0.6) is 5.75 Å². The van der Waals surface area contributed by atoms with Crippen molar-refractivity contribution in [3.05, 3.63) is 22.9 Å². The summed E-state index contributed by atoms with van der Waals surface area (Å²) in [7, 11) is 0. The summed E-state index contributed by atoms with van der Waals surface area (Å²) in [4.78, 5) is 3.99. The van der Waals surface area contributed by atoms with E-state index in [0.717, 1.165) is 10.2 Å². The number of halogens is 1. The summed E-state index contributed by atoms with van der Waals surface area (Å²) in [6.07, 6.45) is 3.38. The van der Waals surface area contributed by atoms with Gasteiger partial charge in [0.2, 0.25) is 0 Å². The van der Waals surface area contributed by atoms with Crippen LogP contribution >= 0.6 is 15.9 Å². The average molecular weight is 245 g/mol. The summed E-state index contributed by atoms with van der Waals surface area (Å²) in [5, 5.41) is 0. The van der Waals surface area contributed by atoms with Crippen molar-refractivity contribution < 1.29 is 4.74 Å². The van der Waals surface area contributed by atoms with Crippen molar-refractivity contribution in [1.29, 1.82) is 0 Å². The number of pyridine rings is 1. The lowest BCUT2D eigenvalue weighted by molar-refractivity contribution is 0.118. The molecule has 0 unspecified atom stereocenters. The maximum Gasteiger partial charge on any atom is 0.139 e. The second-order valence-electron chi connectivity index (χ2n) is 3.40. The summed E-state index contributed by atoms with van der Waals surface area (Å²) in [5.41, 5.74) is 5.19. The molecule has 0 aliphatic carbocycles. The van der Waals surface area contributed by atoms with Crippen LogP contribution in [0.3, 0.4) is 0 Å². The highest BCUT2D eigenvalue weighted by Crippen LogP contribution is 2.20. The van der Waals surface area contributed by atoms with E-state index in [0.29, 0.717) is 6.54 Å². The van der Waals surface area contributed by atoms with Gasteiger partial charge in [0.25, 0.3) is 0 Å². The topological polar surface area (TPSA) is 48.1 Å². The highest BCUT2D eigenvalue weighted by atomic mass is 79.9. The van der Waals surface area contributed by atoms with Gasteiger partial charge in [0.15, 0.2) is 0 Å². The van der Waals surface area contributed by atoms with Gasteiger partial charge in [0, 0.05) is 17.2 Å². The van der Waals surface area contributed by atoms with E-state index in [2.05, 4.69) is 20.9 Å². The van der Waals surface area contributed by atoms with Crippen molar-refractivity contribution in [2.24, 2.45) is 5.73 Å². The molecule has 0 saturated heterocycles. The van der Waals surface area contributed by atoms with Crippen molar-refractivity contribution in [3.63, 3.8) is 0 Å². The Labute approximate surface area is 86.4 Å². The van der Waals surface area contributed by atoms with Gasteiger partial charge in [-0.1, -0.05) is 0 Å². The molecule has 0 spiro atoms. The Hall–Kier alpha value is -0.610. The van der Waals surface area contributed by atoms with Gasteiger partial charge in [-0.05, 0) is 35.8 Å². The van der Waals surface area contributed by atoms with Crippen molar-refractivity contribution in [1.82, 2.24) is 4.98 Å². The number of aromatic nitrogens is 1. The molecule has 1 aromatic heterocycles. The molecule has 0 radical (unpaired) electrons. The molecule has 0 saturated carbocycles. The Morgan fingerprint density at radius 3 is 2.77 bits per heavy atom. The van der Waals surface area contributed by atoms with Crippen LogP contribution in [0.4, 0.5) is 0 Å². The largest absolute Gasteiger partial charge is 0.485 e. The maximum atomic E-state index is 5.61. The van der Waals surface area contributed by atoms with Crippen LogP contribution in [0.15, 0.2) is 22.9 Å². The maximum absolute atomic E-state index is 5.61. The predicted octanol–water partition coefficient (Wildman–Crippen LogP) is 1.96. The van der Waals surface area contributed by atoms with Crippen molar-refractivity contribution in [3.8, 4) is 5.75 Å².